The Morgan fingerprint density at radius 1 is 1.42 bits per heavy atom. The summed E-state index contributed by atoms with van der Waals surface area (Å²) in [5, 5.41) is 7.46. The smallest absolute Gasteiger partial charge is 0.130 e. The molecule has 0 aromatic heterocycles. The van der Waals surface area contributed by atoms with Gasteiger partial charge in [-0.25, -0.2) is 0 Å². The number of rotatable bonds is 8. The van der Waals surface area contributed by atoms with Crippen molar-refractivity contribution in [3.63, 3.8) is 0 Å². The third-order valence-corrected chi connectivity index (χ3v) is 3.01. The maximum Gasteiger partial charge on any atom is 0.130 e. The number of nitrogen functional groups attached to an aromatic ring is 1. The van der Waals surface area contributed by atoms with Gasteiger partial charge in [-0.1, -0.05) is 26.3 Å². The lowest BCUT2D eigenvalue weighted by molar-refractivity contribution is 0.0892. The first-order valence-corrected chi connectivity index (χ1v) is 6.67. The Morgan fingerprint density at radius 3 is 2.74 bits per heavy atom. The van der Waals surface area contributed by atoms with Gasteiger partial charge in [-0.15, -0.1) is 0 Å². The van der Waals surface area contributed by atoms with Crippen molar-refractivity contribution in [2.45, 2.75) is 33.3 Å². The van der Waals surface area contributed by atoms with E-state index in [0.29, 0.717) is 23.8 Å². The first-order valence-electron chi connectivity index (χ1n) is 6.67. The van der Waals surface area contributed by atoms with E-state index in [1.165, 1.54) is 12.8 Å². The molecule has 0 saturated heterocycles. The van der Waals surface area contributed by atoms with E-state index in [-0.39, 0.29) is 5.84 Å². The molecule has 19 heavy (non-hydrogen) atoms. The second-order valence-electron chi connectivity index (χ2n) is 4.86. The first-order chi connectivity index (χ1) is 9.08. The molecule has 0 fully saturated rings. The Labute approximate surface area is 115 Å². The van der Waals surface area contributed by atoms with Gasteiger partial charge in [0.15, 0.2) is 0 Å². The van der Waals surface area contributed by atoms with Crippen LogP contribution >= 0.6 is 0 Å². The molecule has 0 saturated carbocycles. The van der Waals surface area contributed by atoms with Crippen molar-refractivity contribution < 1.29 is 9.47 Å². The van der Waals surface area contributed by atoms with E-state index in [9.17, 15) is 0 Å². The number of methoxy groups -OCH3 is 1. The summed E-state index contributed by atoms with van der Waals surface area (Å²) < 4.78 is 10.9. The largest absolute Gasteiger partial charge is 0.496 e. The Bertz CT molecular complexity index is 419. The van der Waals surface area contributed by atoms with Crippen molar-refractivity contribution in [1.29, 1.82) is 5.41 Å². The van der Waals surface area contributed by atoms with Crippen molar-refractivity contribution in [3.8, 4) is 5.75 Å². The van der Waals surface area contributed by atoms with E-state index in [4.69, 9.17) is 20.6 Å². The molecule has 4 nitrogen and oxygen atoms in total. The molecule has 0 bridgehead atoms. The molecule has 4 heteroatoms. The summed E-state index contributed by atoms with van der Waals surface area (Å²) in [5.74, 6) is 1.22. The van der Waals surface area contributed by atoms with Crippen LogP contribution in [0.15, 0.2) is 18.2 Å². The summed E-state index contributed by atoms with van der Waals surface area (Å²) in [6.45, 7) is 5.71. The van der Waals surface area contributed by atoms with Gasteiger partial charge in [-0.05, 0) is 30.0 Å². The van der Waals surface area contributed by atoms with Gasteiger partial charge in [-0.2, -0.15) is 0 Å². The maximum atomic E-state index is 7.46. The van der Waals surface area contributed by atoms with Gasteiger partial charge in [0.1, 0.15) is 11.6 Å². The van der Waals surface area contributed by atoms with Crippen molar-refractivity contribution >= 4 is 5.84 Å². The third kappa shape index (κ3) is 4.91. The Balaban J connectivity index is 2.58. The number of nitrogens with one attached hydrogen (secondary N) is 1. The lowest BCUT2D eigenvalue weighted by atomic mass is 10.1. The highest BCUT2D eigenvalue weighted by Crippen LogP contribution is 2.20. The number of amidine groups is 1. The summed E-state index contributed by atoms with van der Waals surface area (Å²) in [7, 11) is 1.58. The highest BCUT2D eigenvalue weighted by atomic mass is 16.5. The van der Waals surface area contributed by atoms with Gasteiger partial charge in [0.25, 0.3) is 0 Å². The van der Waals surface area contributed by atoms with E-state index in [1.807, 2.05) is 12.1 Å². The summed E-state index contributed by atoms with van der Waals surface area (Å²) in [6, 6.07) is 5.60. The summed E-state index contributed by atoms with van der Waals surface area (Å²) in [6.07, 6.45) is 2.37. The SMILES string of the molecule is CCCC(C)COCc1ccc(C(=N)N)c(OC)c1. The molecule has 1 rings (SSSR count). The van der Waals surface area contributed by atoms with E-state index < -0.39 is 0 Å². The maximum absolute atomic E-state index is 7.46. The monoisotopic (exact) mass is 264 g/mol. The Morgan fingerprint density at radius 2 is 2.16 bits per heavy atom. The lowest BCUT2D eigenvalue weighted by Gasteiger charge is -2.12. The van der Waals surface area contributed by atoms with Crippen molar-refractivity contribution in [2.24, 2.45) is 11.7 Å². The molecule has 0 spiro atoms. The van der Waals surface area contributed by atoms with Crippen LogP contribution in [0.1, 0.15) is 37.8 Å². The van der Waals surface area contributed by atoms with Crippen LogP contribution in [0.4, 0.5) is 0 Å². The highest BCUT2D eigenvalue weighted by molar-refractivity contribution is 5.97. The van der Waals surface area contributed by atoms with Crippen LogP contribution in [0.3, 0.4) is 0 Å². The second-order valence-corrected chi connectivity index (χ2v) is 4.86. The quantitative estimate of drug-likeness (QED) is 0.560. The fourth-order valence-corrected chi connectivity index (χ4v) is 2.00. The van der Waals surface area contributed by atoms with Gasteiger partial charge in [0, 0.05) is 6.61 Å². The normalized spacial score (nSPS) is 12.2. The molecule has 0 aliphatic rings. The topological polar surface area (TPSA) is 68.3 Å². The number of hydrogen-bond acceptors (Lipinski definition) is 3. The van der Waals surface area contributed by atoms with Crippen LogP contribution < -0.4 is 10.5 Å². The Kier molecular flexibility index (Phi) is 6.36. The van der Waals surface area contributed by atoms with Crippen LogP contribution in [0.2, 0.25) is 0 Å². The Hall–Kier alpha value is -1.55. The van der Waals surface area contributed by atoms with Crippen molar-refractivity contribution in [3.05, 3.63) is 29.3 Å². The fourth-order valence-electron chi connectivity index (χ4n) is 2.00. The molecule has 0 heterocycles. The third-order valence-electron chi connectivity index (χ3n) is 3.01. The summed E-state index contributed by atoms with van der Waals surface area (Å²) >= 11 is 0. The molecule has 106 valence electrons. The predicted octanol–water partition coefficient (Wildman–Crippen LogP) is 2.93. The zero-order valence-electron chi connectivity index (χ0n) is 12.0. The van der Waals surface area contributed by atoms with Crippen LogP contribution in [0.5, 0.6) is 5.75 Å². The molecule has 0 aliphatic heterocycles. The molecule has 1 aromatic rings. The van der Waals surface area contributed by atoms with Crippen LogP contribution in [0, 0.1) is 11.3 Å². The van der Waals surface area contributed by atoms with Gasteiger partial charge in [0.05, 0.1) is 19.3 Å². The number of benzene rings is 1. The minimum atomic E-state index is 0.0147. The number of hydrogen-bond donors (Lipinski definition) is 2. The van der Waals surface area contributed by atoms with Gasteiger partial charge in [0.2, 0.25) is 0 Å². The molecular formula is C15H24N2O2. The molecule has 1 unspecified atom stereocenters. The minimum absolute atomic E-state index is 0.0147. The zero-order chi connectivity index (χ0) is 14.3. The van der Waals surface area contributed by atoms with E-state index >= 15 is 0 Å². The molecule has 3 N–H and O–H groups in total. The average Bonchev–Trinajstić information content (AvgIpc) is 2.38. The van der Waals surface area contributed by atoms with Gasteiger partial charge in [-0.3, -0.25) is 5.41 Å². The van der Waals surface area contributed by atoms with Crippen LogP contribution in [0.25, 0.3) is 0 Å². The van der Waals surface area contributed by atoms with Crippen molar-refractivity contribution in [2.75, 3.05) is 13.7 Å². The van der Waals surface area contributed by atoms with Gasteiger partial charge >= 0.3 is 0 Å². The first kappa shape index (κ1) is 15.5. The van der Waals surface area contributed by atoms with Crippen molar-refractivity contribution in [1.82, 2.24) is 0 Å². The minimum Gasteiger partial charge on any atom is -0.496 e. The summed E-state index contributed by atoms with van der Waals surface area (Å²) in [5.41, 5.74) is 7.13. The molecular weight excluding hydrogens is 240 g/mol. The molecule has 0 aliphatic carbocycles. The molecule has 0 amide bonds. The van der Waals surface area contributed by atoms with E-state index in [0.717, 1.165) is 12.2 Å². The molecule has 1 atom stereocenters. The second kappa shape index (κ2) is 7.79. The van der Waals surface area contributed by atoms with Crippen LogP contribution in [-0.2, 0) is 11.3 Å². The zero-order valence-corrected chi connectivity index (χ0v) is 12.0. The van der Waals surface area contributed by atoms with E-state index in [1.54, 1.807) is 13.2 Å². The lowest BCUT2D eigenvalue weighted by Crippen LogP contribution is -2.13. The average molecular weight is 264 g/mol. The standard InChI is InChI=1S/C15H24N2O2/c1-4-5-11(2)9-19-10-12-6-7-13(15(16)17)14(8-12)18-3/h6-8,11H,4-5,9-10H2,1-3H3,(H3,16,17). The summed E-state index contributed by atoms with van der Waals surface area (Å²) in [4.78, 5) is 0. The molecule has 0 radical (unpaired) electrons. The highest BCUT2D eigenvalue weighted by Gasteiger charge is 2.07. The molecule has 1 aromatic carbocycles. The predicted molar refractivity (Wildman–Crippen MR) is 77.7 cm³/mol. The van der Waals surface area contributed by atoms with Crippen LogP contribution in [-0.4, -0.2) is 19.6 Å². The number of ether oxygens (including phenoxy) is 2. The number of nitrogens with two attached hydrogens (primary N) is 1. The van der Waals surface area contributed by atoms with E-state index in [2.05, 4.69) is 13.8 Å². The van der Waals surface area contributed by atoms with Gasteiger partial charge < -0.3 is 15.2 Å². The fraction of sp³-hybridized carbons (Fsp3) is 0.533.